The Bertz CT molecular complexity index is 859. The number of nitrogens with zero attached hydrogens (tertiary/aromatic N) is 6. The molecule has 1 aromatic carbocycles. The zero-order valence-electron chi connectivity index (χ0n) is 18.4. The lowest BCUT2D eigenvalue weighted by molar-refractivity contribution is 0.0865. The van der Waals surface area contributed by atoms with Crippen LogP contribution in [-0.4, -0.2) is 89.7 Å². The van der Waals surface area contributed by atoms with Crippen molar-refractivity contribution < 1.29 is 14.2 Å². The third-order valence-corrected chi connectivity index (χ3v) is 6.09. The summed E-state index contributed by atoms with van der Waals surface area (Å²) in [5.74, 6) is 2.22. The Balaban J connectivity index is 1.69. The molecular formula is C22H32N6O3. The van der Waals surface area contributed by atoms with Crippen LogP contribution in [0.15, 0.2) is 30.9 Å². The normalized spacial score (nSPS) is 21.2. The third-order valence-electron chi connectivity index (χ3n) is 6.09. The second kappa shape index (κ2) is 10.2. The van der Waals surface area contributed by atoms with E-state index < -0.39 is 0 Å². The minimum absolute atomic E-state index is 0.146. The van der Waals surface area contributed by atoms with Gasteiger partial charge in [0.15, 0.2) is 17.3 Å². The van der Waals surface area contributed by atoms with Gasteiger partial charge in [0.1, 0.15) is 6.04 Å². The minimum Gasteiger partial charge on any atom is -0.493 e. The van der Waals surface area contributed by atoms with Crippen molar-refractivity contribution in [3.05, 3.63) is 42.2 Å². The second-order valence-corrected chi connectivity index (χ2v) is 7.96. The molecule has 31 heavy (non-hydrogen) atoms. The van der Waals surface area contributed by atoms with Gasteiger partial charge in [0, 0.05) is 44.9 Å². The molecule has 2 aliphatic rings. The Labute approximate surface area is 183 Å². The van der Waals surface area contributed by atoms with Crippen LogP contribution >= 0.6 is 0 Å². The van der Waals surface area contributed by atoms with Crippen molar-refractivity contribution in [2.45, 2.75) is 31.5 Å². The van der Waals surface area contributed by atoms with Crippen LogP contribution in [0.5, 0.6) is 11.5 Å². The maximum Gasteiger partial charge on any atom is 0.173 e. The molecular weight excluding hydrogens is 396 g/mol. The van der Waals surface area contributed by atoms with Crippen LogP contribution in [0.1, 0.15) is 30.3 Å². The number of rotatable bonds is 9. The van der Waals surface area contributed by atoms with Crippen molar-refractivity contribution in [2.75, 3.05) is 53.6 Å². The smallest absolute Gasteiger partial charge is 0.173 e. The molecule has 3 heterocycles. The molecule has 9 heteroatoms. The van der Waals surface area contributed by atoms with Crippen molar-refractivity contribution in [1.29, 1.82) is 0 Å². The summed E-state index contributed by atoms with van der Waals surface area (Å²) in [5, 5.41) is 12.8. The van der Waals surface area contributed by atoms with E-state index in [9.17, 15) is 0 Å². The first-order valence-electron chi connectivity index (χ1n) is 10.9. The largest absolute Gasteiger partial charge is 0.493 e. The van der Waals surface area contributed by atoms with E-state index in [4.69, 9.17) is 14.2 Å². The van der Waals surface area contributed by atoms with E-state index in [-0.39, 0.29) is 12.1 Å². The van der Waals surface area contributed by atoms with Gasteiger partial charge in [0.05, 0.1) is 26.9 Å². The molecule has 2 unspecified atom stereocenters. The van der Waals surface area contributed by atoms with Crippen molar-refractivity contribution in [1.82, 2.24) is 30.0 Å². The summed E-state index contributed by atoms with van der Waals surface area (Å²) in [6.07, 6.45) is 4.23. The summed E-state index contributed by atoms with van der Waals surface area (Å²) >= 11 is 0. The van der Waals surface area contributed by atoms with Crippen LogP contribution in [0.3, 0.4) is 0 Å². The molecule has 168 valence electrons. The standard InChI is InChI=1S/C22H32N6O3/c1-4-10-26-11-13-27(14-12-26)20(18-8-5-9-19(29-2)21(18)30-3)22-23-24-25-28(22)16-17-7-6-15-31-17/h4-5,8-9,17,20H,1,6-7,10-16H2,2-3H3. The van der Waals surface area contributed by atoms with Crippen molar-refractivity contribution in [3.63, 3.8) is 0 Å². The summed E-state index contributed by atoms with van der Waals surface area (Å²) in [6, 6.07) is 5.84. The number of para-hydroxylation sites is 1. The van der Waals surface area contributed by atoms with Gasteiger partial charge in [-0.2, -0.15) is 0 Å². The molecule has 0 aliphatic carbocycles. The predicted molar refractivity (Wildman–Crippen MR) is 116 cm³/mol. The van der Waals surface area contributed by atoms with Crippen molar-refractivity contribution in [3.8, 4) is 11.5 Å². The molecule has 0 spiro atoms. The van der Waals surface area contributed by atoms with Crippen LogP contribution in [0.25, 0.3) is 0 Å². The Morgan fingerprint density at radius 1 is 1.23 bits per heavy atom. The fourth-order valence-corrected chi connectivity index (χ4v) is 4.53. The number of methoxy groups -OCH3 is 2. The van der Waals surface area contributed by atoms with Crippen LogP contribution in [0.2, 0.25) is 0 Å². The minimum atomic E-state index is -0.146. The van der Waals surface area contributed by atoms with Crippen LogP contribution in [0, 0.1) is 0 Å². The summed E-state index contributed by atoms with van der Waals surface area (Å²) in [6.45, 7) is 9.94. The fourth-order valence-electron chi connectivity index (χ4n) is 4.53. The highest BCUT2D eigenvalue weighted by Gasteiger charge is 2.34. The van der Waals surface area contributed by atoms with Gasteiger partial charge in [-0.25, -0.2) is 4.68 Å². The Kier molecular flexibility index (Phi) is 7.16. The molecule has 2 atom stereocenters. The maximum absolute atomic E-state index is 5.84. The zero-order chi connectivity index (χ0) is 21.6. The lowest BCUT2D eigenvalue weighted by Crippen LogP contribution is -2.48. The number of tetrazole rings is 1. The van der Waals surface area contributed by atoms with Gasteiger partial charge in [-0.1, -0.05) is 18.2 Å². The lowest BCUT2D eigenvalue weighted by Gasteiger charge is -2.39. The number of piperazine rings is 1. The molecule has 1 aromatic heterocycles. The first kappa shape index (κ1) is 21.7. The molecule has 0 radical (unpaired) electrons. The number of hydrogen-bond donors (Lipinski definition) is 0. The predicted octanol–water partition coefficient (Wildman–Crippen LogP) is 1.76. The van der Waals surface area contributed by atoms with Crippen LogP contribution in [0.4, 0.5) is 0 Å². The quantitative estimate of drug-likeness (QED) is 0.559. The van der Waals surface area contributed by atoms with Gasteiger partial charge >= 0.3 is 0 Å². The van der Waals surface area contributed by atoms with Gasteiger partial charge in [0.2, 0.25) is 0 Å². The molecule has 2 aliphatic heterocycles. The summed E-state index contributed by atoms with van der Waals surface area (Å²) < 4.78 is 19.1. The first-order chi connectivity index (χ1) is 15.2. The highest BCUT2D eigenvalue weighted by atomic mass is 16.5. The summed E-state index contributed by atoms with van der Waals surface area (Å²) in [5.41, 5.74) is 1.00. The molecule has 2 fully saturated rings. The average Bonchev–Trinajstić information content (AvgIpc) is 3.48. The van der Waals surface area contributed by atoms with Crippen LogP contribution in [-0.2, 0) is 11.3 Å². The molecule has 2 saturated heterocycles. The lowest BCUT2D eigenvalue weighted by atomic mass is 10.0. The fraction of sp³-hybridized carbons (Fsp3) is 0.591. The monoisotopic (exact) mass is 428 g/mol. The highest BCUT2D eigenvalue weighted by molar-refractivity contribution is 5.49. The van der Waals surface area contributed by atoms with E-state index >= 15 is 0 Å². The van der Waals surface area contributed by atoms with E-state index in [1.165, 1.54) is 0 Å². The number of aromatic nitrogens is 4. The molecule has 9 nitrogen and oxygen atoms in total. The van der Waals surface area contributed by atoms with Gasteiger partial charge < -0.3 is 14.2 Å². The molecule has 0 saturated carbocycles. The van der Waals surface area contributed by atoms with Gasteiger partial charge in [-0.15, -0.1) is 11.7 Å². The van der Waals surface area contributed by atoms with Crippen molar-refractivity contribution in [2.24, 2.45) is 0 Å². The Morgan fingerprint density at radius 2 is 2.06 bits per heavy atom. The number of ether oxygens (including phenoxy) is 3. The maximum atomic E-state index is 5.84. The zero-order valence-corrected chi connectivity index (χ0v) is 18.4. The summed E-state index contributed by atoms with van der Waals surface area (Å²) in [7, 11) is 3.34. The second-order valence-electron chi connectivity index (χ2n) is 7.96. The molecule has 2 aromatic rings. The third kappa shape index (κ3) is 4.73. The SMILES string of the molecule is C=CCN1CCN(C(c2cccc(OC)c2OC)c2nnnn2CC2CCCO2)CC1. The van der Waals surface area contributed by atoms with E-state index in [2.05, 4.69) is 38.0 Å². The van der Waals surface area contributed by atoms with E-state index in [1.54, 1.807) is 14.2 Å². The van der Waals surface area contributed by atoms with Gasteiger partial charge in [-0.05, 0) is 29.3 Å². The molecule has 0 N–H and O–H groups in total. The topological polar surface area (TPSA) is 77.8 Å². The molecule has 4 rings (SSSR count). The Hall–Kier alpha value is -2.49. The van der Waals surface area contributed by atoms with E-state index in [0.717, 1.165) is 69.3 Å². The molecule has 0 amide bonds. The van der Waals surface area contributed by atoms with Gasteiger partial charge in [0.25, 0.3) is 0 Å². The number of benzene rings is 1. The van der Waals surface area contributed by atoms with Gasteiger partial charge in [-0.3, -0.25) is 9.80 Å². The average molecular weight is 429 g/mol. The number of hydrogen-bond acceptors (Lipinski definition) is 8. The first-order valence-corrected chi connectivity index (χ1v) is 10.9. The van der Waals surface area contributed by atoms with E-state index in [1.807, 2.05) is 22.9 Å². The van der Waals surface area contributed by atoms with E-state index in [0.29, 0.717) is 12.3 Å². The van der Waals surface area contributed by atoms with Crippen LogP contribution < -0.4 is 9.47 Å². The van der Waals surface area contributed by atoms with Crippen molar-refractivity contribution >= 4 is 0 Å². The summed E-state index contributed by atoms with van der Waals surface area (Å²) in [4.78, 5) is 4.83. The molecule has 0 bridgehead atoms. The Morgan fingerprint density at radius 3 is 2.74 bits per heavy atom. The highest BCUT2D eigenvalue weighted by Crippen LogP contribution is 2.39.